The minimum absolute atomic E-state index is 0.0398. The molecule has 41 heavy (non-hydrogen) atoms. The lowest BCUT2D eigenvalue weighted by Gasteiger charge is -2.35. The maximum absolute atomic E-state index is 13.8. The number of hydrogen-bond acceptors (Lipinski definition) is 6. The molecule has 3 amide bonds. The van der Waals surface area contributed by atoms with Crippen LogP contribution in [0.25, 0.3) is 10.8 Å². The second-order valence-electron chi connectivity index (χ2n) is 12.9. The molecule has 4 rings (SSSR count). The summed E-state index contributed by atoms with van der Waals surface area (Å²) in [5.41, 5.74) is -0.00363. The molecule has 8 nitrogen and oxygen atoms in total. The van der Waals surface area contributed by atoms with Crippen LogP contribution in [0.5, 0.6) is 0 Å². The summed E-state index contributed by atoms with van der Waals surface area (Å²) in [4.78, 5) is 42.6. The lowest BCUT2D eigenvalue weighted by molar-refractivity contribution is -0.157. The van der Waals surface area contributed by atoms with E-state index in [4.69, 9.17) is 0 Å². The monoisotopic (exact) mass is 564 g/mol. The predicted octanol–water partition coefficient (Wildman–Crippen LogP) is 3.55. The number of nitrogens with zero attached hydrogens (tertiary/aromatic N) is 1. The van der Waals surface area contributed by atoms with Crippen LogP contribution in [-0.4, -0.2) is 72.1 Å². The molecule has 1 saturated heterocycles. The number of aliphatic hydroxyl groups is 1. The Morgan fingerprint density at radius 2 is 1.71 bits per heavy atom. The van der Waals surface area contributed by atoms with Gasteiger partial charge in [0.25, 0.3) is 0 Å². The number of rotatable bonds is 11. The van der Waals surface area contributed by atoms with Crippen LogP contribution < -0.4 is 16.0 Å². The minimum atomic E-state index is -1.04. The van der Waals surface area contributed by atoms with Crippen molar-refractivity contribution in [1.29, 1.82) is 0 Å². The highest BCUT2D eigenvalue weighted by atomic mass is 16.3. The number of aliphatic hydroxyl groups excluding tert-OH is 1. The van der Waals surface area contributed by atoms with Crippen molar-refractivity contribution in [3.05, 3.63) is 48.0 Å². The fraction of sp³-hybridized carbons (Fsp3) is 0.606. The van der Waals surface area contributed by atoms with E-state index in [-0.39, 0.29) is 24.8 Å². The number of benzene rings is 2. The molecule has 224 valence electrons. The molecule has 0 bridgehead atoms. The molecule has 0 aromatic heterocycles. The number of fused-ring (bicyclic) bond motifs is 1. The molecular weight excluding hydrogens is 516 g/mol. The van der Waals surface area contributed by atoms with Crippen molar-refractivity contribution in [3.63, 3.8) is 0 Å². The van der Waals surface area contributed by atoms with Gasteiger partial charge in [-0.25, -0.2) is 0 Å². The third kappa shape index (κ3) is 8.60. The van der Waals surface area contributed by atoms with Crippen LogP contribution in [0.3, 0.4) is 0 Å². The van der Waals surface area contributed by atoms with Gasteiger partial charge in [-0.05, 0) is 61.0 Å². The quantitative estimate of drug-likeness (QED) is 0.332. The maximum Gasteiger partial charge on any atom is 0.247 e. The summed E-state index contributed by atoms with van der Waals surface area (Å²) in [6.07, 6.45) is 7.16. The van der Waals surface area contributed by atoms with Crippen molar-refractivity contribution < 1.29 is 19.5 Å². The van der Waals surface area contributed by atoms with Gasteiger partial charge in [0.1, 0.15) is 6.04 Å². The van der Waals surface area contributed by atoms with Crippen LogP contribution in [0, 0.1) is 11.3 Å². The molecule has 3 atom stereocenters. The van der Waals surface area contributed by atoms with E-state index in [1.807, 2.05) is 42.5 Å². The largest absolute Gasteiger partial charge is 0.390 e. The van der Waals surface area contributed by atoms with Gasteiger partial charge in [0.05, 0.1) is 12.1 Å². The van der Waals surface area contributed by atoms with Gasteiger partial charge in [-0.3, -0.25) is 19.3 Å². The molecule has 0 radical (unpaired) electrons. The summed E-state index contributed by atoms with van der Waals surface area (Å²) in [6.45, 7) is 7.29. The van der Waals surface area contributed by atoms with E-state index in [9.17, 15) is 19.5 Å². The highest BCUT2D eigenvalue weighted by Crippen LogP contribution is 2.25. The second kappa shape index (κ2) is 14.4. The molecule has 2 aromatic rings. The molecule has 2 fully saturated rings. The number of carbonyl (C=O) groups is 3. The highest BCUT2D eigenvalue weighted by molar-refractivity contribution is 6.04. The molecule has 2 aliphatic rings. The summed E-state index contributed by atoms with van der Waals surface area (Å²) in [6, 6.07) is 12.4. The highest BCUT2D eigenvalue weighted by Gasteiger charge is 2.42. The Bertz CT molecular complexity index is 1180. The van der Waals surface area contributed by atoms with Crippen molar-refractivity contribution in [2.75, 3.05) is 26.2 Å². The van der Waals surface area contributed by atoms with E-state index in [1.165, 1.54) is 37.0 Å². The minimum Gasteiger partial charge on any atom is -0.390 e. The van der Waals surface area contributed by atoms with Crippen molar-refractivity contribution in [2.24, 2.45) is 11.3 Å². The molecular formula is C33H48N4O4. The summed E-state index contributed by atoms with van der Waals surface area (Å²) < 4.78 is 0. The lowest BCUT2D eigenvalue weighted by Crippen LogP contribution is -2.60. The number of amides is 3. The van der Waals surface area contributed by atoms with E-state index in [2.05, 4.69) is 16.0 Å². The normalized spacial score (nSPS) is 19.6. The second-order valence-corrected chi connectivity index (χ2v) is 12.9. The van der Waals surface area contributed by atoms with Gasteiger partial charge >= 0.3 is 0 Å². The zero-order valence-electron chi connectivity index (χ0n) is 25.0. The summed E-state index contributed by atoms with van der Waals surface area (Å²) in [5, 5.41) is 22.2. The molecule has 2 aromatic carbocycles. The summed E-state index contributed by atoms with van der Waals surface area (Å²) >= 11 is 0. The summed E-state index contributed by atoms with van der Waals surface area (Å²) in [7, 11) is 0. The number of hydrogen-bond donors (Lipinski definition) is 4. The Hall–Kier alpha value is -2.81. The standard InChI is InChI=1S/C33H48N4O4/c1-33(2,3)32(41)37(31(40)28-14-9-17-35-28)29(19-24-15-16-25-12-7-8-13-26(25)18-24)30(39)36-22-27(38)21-34-20-23-10-5-4-6-11-23/h7-8,12-13,15-16,18,23,27-29,34-35,38H,4-6,9-11,14,17,19-22H2,1-3H3,(H,36,39)/t27?,28-,29+/m0/s1. The van der Waals surface area contributed by atoms with Crippen molar-refractivity contribution >= 4 is 28.5 Å². The van der Waals surface area contributed by atoms with Crippen molar-refractivity contribution in [3.8, 4) is 0 Å². The van der Waals surface area contributed by atoms with Gasteiger partial charge in [0.2, 0.25) is 17.7 Å². The van der Waals surface area contributed by atoms with Crippen LogP contribution in [0.15, 0.2) is 42.5 Å². The average molecular weight is 565 g/mol. The van der Waals surface area contributed by atoms with Gasteiger partial charge in [0.15, 0.2) is 0 Å². The molecule has 1 aliphatic heterocycles. The summed E-state index contributed by atoms with van der Waals surface area (Å²) in [5.74, 6) is -0.539. The van der Waals surface area contributed by atoms with Crippen molar-refractivity contribution in [2.45, 2.75) is 90.3 Å². The number of carbonyl (C=O) groups excluding carboxylic acids is 3. The zero-order chi connectivity index (χ0) is 29.4. The number of nitrogens with one attached hydrogen (secondary N) is 3. The van der Waals surface area contributed by atoms with E-state index in [0.717, 1.165) is 29.3 Å². The van der Waals surface area contributed by atoms with Crippen LogP contribution in [-0.2, 0) is 20.8 Å². The third-order valence-corrected chi connectivity index (χ3v) is 8.36. The van der Waals surface area contributed by atoms with Gasteiger partial charge in [-0.15, -0.1) is 0 Å². The zero-order valence-corrected chi connectivity index (χ0v) is 25.0. The molecule has 4 N–H and O–H groups in total. The molecule has 1 heterocycles. The first-order chi connectivity index (χ1) is 19.6. The van der Waals surface area contributed by atoms with Gasteiger partial charge in [-0.2, -0.15) is 0 Å². The predicted molar refractivity (Wildman–Crippen MR) is 162 cm³/mol. The van der Waals surface area contributed by atoms with Crippen LogP contribution in [0.1, 0.15) is 71.3 Å². The Labute approximate surface area is 244 Å². The fourth-order valence-electron chi connectivity index (χ4n) is 5.96. The molecule has 1 aliphatic carbocycles. The topological polar surface area (TPSA) is 111 Å². The first-order valence-corrected chi connectivity index (χ1v) is 15.4. The lowest BCUT2D eigenvalue weighted by atomic mass is 9.89. The fourth-order valence-corrected chi connectivity index (χ4v) is 5.96. The Morgan fingerprint density at radius 1 is 0.976 bits per heavy atom. The molecule has 8 heteroatoms. The maximum atomic E-state index is 13.8. The van der Waals surface area contributed by atoms with Crippen LogP contribution in [0.4, 0.5) is 0 Å². The average Bonchev–Trinajstić information content (AvgIpc) is 3.51. The van der Waals surface area contributed by atoms with E-state index in [0.29, 0.717) is 25.4 Å². The van der Waals surface area contributed by atoms with E-state index >= 15 is 0 Å². The first-order valence-electron chi connectivity index (χ1n) is 15.4. The molecule has 1 saturated carbocycles. The smallest absolute Gasteiger partial charge is 0.247 e. The Morgan fingerprint density at radius 3 is 2.39 bits per heavy atom. The Balaban J connectivity index is 1.52. The van der Waals surface area contributed by atoms with Gasteiger partial charge in [-0.1, -0.05) is 82.5 Å². The van der Waals surface area contributed by atoms with Crippen LogP contribution >= 0.6 is 0 Å². The SMILES string of the molecule is CC(C)(C)C(=O)N(C(=O)[C@@H]1CCCN1)[C@H](Cc1ccc2ccccc2c1)C(=O)NCC(O)CNCC1CCCCC1. The first kappa shape index (κ1) is 31.1. The van der Waals surface area contributed by atoms with Crippen LogP contribution in [0.2, 0.25) is 0 Å². The number of imide groups is 1. The van der Waals surface area contributed by atoms with Crippen molar-refractivity contribution in [1.82, 2.24) is 20.9 Å². The van der Waals surface area contributed by atoms with E-state index in [1.54, 1.807) is 20.8 Å². The third-order valence-electron chi connectivity index (χ3n) is 8.36. The van der Waals surface area contributed by atoms with Gasteiger partial charge < -0.3 is 21.1 Å². The van der Waals surface area contributed by atoms with E-state index < -0.39 is 29.5 Å². The molecule has 1 unspecified atom stereocenters. The Kier molecular flexibility index (Phi) is 10.9. The van der Waals surface area contributed by atoms with Gasteiger partial charge in [0, 0.05) is 24.9 Å². The molecule has 0 spiro atoms.